The number of methoxy groups -OCH3 is 1. The molecule has 2 aromatic carbocycles. The summed E-state index contributed by atoms with van der Waals surface area (Å²) in [6.07, 6.45) is -0.689. The third-order valence-electron chi connectivity index (χ3n) is 5.14. The minimum atomic E-state index is -3.73. The van der Waals surface area contributed by atoms with E-state index in [0.717, 1.165) is 11.7 Å². The van der Waals surface area contributed by atoms with Crippen molar-refractivity contribution < 1.29 is 22.7 Å². The van der Waals surface area contributed by atoms with Crippen LogP contribution in [0.5, 0.6) is 11.5 Å². The van der Waals surface area contributed by atoms with Crippen molar-refractivity contribution in [1.82, 2.24) is 18.0 Å². The van der Waals surface area contributed by atoms with Gasteiger partial charge >= 0.3 is 0 Å². The Bertz CT molecular complexity index is 1170. The molecule has 0 radical (unpaired) electrons. The number of nitrogens with zero attached hydrogens (tertiary/aromatic N) is 4. The molecule has 31 heavy (non-hydrogen) atoms. The maximum atomic E-state index is 13.1. The number of hydrogen-bond donors (Lipinski definition) is 0. The molecule has 1 aliphatic heterocycles. The summed E-state index contributed by atoms with van der Waals surface area (Å²) in [6, 6.07) is 11.9. The van der Waals surface area contributed by atoms with Crippen LogP contribution in [-0.4, -0.2) is 71.7 Å². The smallest absolute Gasteiger partial charge is 0.263 e. The lowest BCUT2D eigenvalue weighted by molar-refractivity contribution is -0.139. The molecule has 0 saturated carbocycles. The summed E-state index contributed by atoms with van der Waals surface area (Å²) >= 11 is 0.983. The van der Waals surface area contributed by atoms with Crippen LogP contribution >= 0.6 is 11.7 Å². The molecule has 1 aliphatic rings. The van der Waals surface area contributed by atoms with Crippen molar-refractivity contribution >= 4 is 38.7 Å². The van der Waals surface area contributed by atoms with E-state index in [1.165, 1.54) is 4.31 Å². The highest BCUT2D eigenvalue weighted by Gasteiger charge is 2.33. The van der Waals surface area contributed by atoms with Gasteiger partial charge in [0.05, 0.1) is 18.8 Å². The highest BCUT2D eigenvalue weighted by atomic mass is 32.2. The molecule has 1 fully saturated rings. The first-order valence-corrected chi connectivity index (χ1v) is 11.9. The van der Waals surface area contributed by atoms with Crippen molar-refractivity contribution in [2.45, 2.75) is 17.9 Å². The Balaban J connectivity index is 1.39. The first-order chi connectivity index (χ1) is 14.9. The lowest BCUT2D eigenvalue weighted by atomic mass is 10.2. The Kier molecular flexibility index (Phi) is 6.08. The van der Waals surface area contributed by atoms with E-state index in [0.29, 0.717) is 35.6 Å². The van der Waals surface area contributed by atoms with Crippen LogP contribution in [0.3, 0.4) is 0 Å². The van der Waals surface area contributed by atoms with Crippen molar-refractivity contribution in [2.24, 2.45) is 0 Å². The van der Waals surface area contributed by atoms with Crippen molar-refractivity contribution in [1.29, 1.82) is 0 Å². The quantitative estimate of drug-likeness (QED) is 0.552. The fourth-order valence-corrected chi connectivity index (χ4v) is 5.62. The molecule has 1 unspecified atom stereocenters. The monoisotopic (exact) mass is 462 g/mol. The van der Waals surface area contributed by atoms with Crippen molar-refractivity contribution in [3.05, 3.63) is 42.5 Å². The molecular weight excluding hydrogens is 440 g/mol. The van der Waals surface area contributed by atoms with Crippen LogP contribution < -0.4 is 9.47 Å². The summed E-state index contributed by atoms with van der Waals surface area (Å²) in [7, 11) is -2.15. The Morgan fingerprint density at radius 1 is 1.03 bits per heavy atom. The molecule has 0 N–H and O–H groups in total. The number of piperazine rings is 1. The van der Waals surface area contributed by atoms with Gasteiger partial charge in [0.2, 0.25) is 10.0 Å². The van der Waals surface area contributed by atoms with E-state index in [9.17, 15) is 13.2 Å². The average molecular weight is 463 g/mol. The summed E-state index contributed by atoms with van der Waals surface area (Å²) in [5.41, 5.74) is 0.942. The minimum absolute atomic E-state index is 0.148. The van der Waals surface area contributed by atoms with Crippen molar-refractivity contribution in [3.8, 4) is 11.5 Å². The molecule has 4 rings (SSSR count). The highest BCUT2D eigenvalue weighted by molar-refractivity contribution is 7.89. The van der Waals surface area contributed by atoms with Crippen LogP contribution in [0.4, 0.5) is 0 Å². The summed E-state index contributed by atoms with van der Waals surface area (Å²) in [5.74, 6) is 1.08. The number of hydrogen-bond acceptors (Lipinski definition) is 8. The highest BCUT2D eigenvalue weighted by Crippen LogP contribution is 2.25. The lowest BCUT2D eigenvalue weighted by Gasteiger charge is -2.35. The Morgan fingerprint density at radius 2 is 1.71 bits per heavy atom. The Morgan fingerprint density at radius 3 is 2.39 bits per heavy atom. The number of carbonyl (C=O) groups is 1. The zero-order chi connectivity index (χ0) is 22.0. The number of fused-ring (bicyclic) bond motifs is 1. The van der Waals surface area contributed by atoms with Crippen LogP contribution in [-0.2, 0) is 14.8 Å². The molecule has 1 saturated heterocycles. The Hall–Kier alpha value is -2.76. The number of carbonyl (C=O) groups excluding carboxylic acids is 1. The molecule has 9 nitrogen and oxygen atoms in total. The van der Waals surface area contributed by atoms with Gasteiger partial charge < -0.3 is 14.4 Å². The second-order valence-corrected chi connectivity index (χ2v) is 9.49. The number of amides is 1. The molecule has 1 amide bonds. The molecule has 2 heterocycles. The van der Waals surface area contributed by atoms with Gasteiger partial charge in [0.15, 0.2) is 6.10 Å². The number of ether oxygens (including phenoxy) is 2. The predicted octanol–water partition coefficient (Wildman–Crippen LogP) is 2.00. The first-order valence-electron chi connectivity index (χ1n) is 9.71. The predicted molar refractivity (Wildman–Crippen MR) is 116 cm³/mol. The fraction of sp³-hybridized carbons (Fsp3) is 0.350. The van der Waals surface area contributed by atoms with Crippen LogP contribution in [0.15, 0.2) is 47.4 Å². The lowest BCUT2D eigenvalue weighted by Crippen LogP contribution is -2.53. The standard InChI is InChI=1S/C20H22N4O5S2/c1-14(29-16-8-6-15(28-2)7-9-16)20(25)23-10-12-24(13-11-23)31(26,27)18-5-3-4-17-19(18)22-30-21-17/h3-9,14H,10-13H2,1-2H3. The second-order valence-electron chi connectivity index (χ2n) is 7.05. The van der Waals surface area contributed by atoms with E-state index in [1.54, 1.807) is 61.4 Å². The normalized spacial score (nSPS) is 16.3. The second kappa shape index (κ2) is 8.77. The number of aromatic nitrogens is 2. The van der Waals surface area contributed by atoms with Crippen molar-refractivity contribution in [2.75, 3.05) is 33.3 Å². The molecular formula is C20H22N4O5S2. The Labute approximate surface area is 184 Å². The van der Waals surface area contributed by atoms with Gasteiger partial charge in [-0.1, -0.05) is 6.07 Å². The van der Waals surface area contributed by atoms with E-state index < -0.39 is 16.1 Å². The van der Waals surface area contributed by atoms with Gasteiger partial charge in [0.1, 0.15) is 27.4 Å². The van der Waals surface area contributed by atoms with Gasteiger partial charge in [-0.25, -0.2) is 8.42 Å². The molecule has 1 atom stereocenters. The van der Waals surface area contributed by atoms with Crippen LogP contribution in [0.2, 0.25) is 0 Å². The van der Waals surface area contributed by atoms with Gasteiger partial charge in [-0.2, -0.15) is 13.1 Å². The zero-order valence-electron chi connectivity index (χ0n) is 17.1. The van der Waals surface area contributed by atoms with E-state index in [-0.39, 0.29) is 23.9 Å². The van der Waals surface area contributed by atoms with Crippen molar-refractivity contribution in [3.63, 3.8) is 0 Å². The van der Waals surface area contributed by atoms with Gasteiger partial charge in [-0.15, -0.1) is 0 Å². The molecule has 1 aromatic heterocycles. The molecule has 3 aromatic rings. The summed E-state index contributed by atoms with van der Waals surface area (Å²) in [6.45, 7) is 2.68. The molecule has 0 aliphatic carbocycles. The number of sulfonamides is 1. The number of benzene rings is 2. The topological polar surface area (TPSA) is 102 Å². The summed E-state index contributed by atoms with van der Waals surface area (Å²) in [4.78, 5) is 14.6. The maximum absolute atomic E-state index is 13.1. The van der Waals surface area contributed by atoms with Gasteiger partial charge in [-0.3, -0.25) is 4.79 Å². The first kappa shape index (κ1) is 21.5. The molecule has 0 spiro atoms. The third kappa shape index (κ3) is 4.34. The van der Waals surface area contributed by atoms with Gasteiger partial charge in [0, 0.05) is 26.2 Å². The van der Waals surface area contributed by atoms with E-state index in [2.05, 4.69) is 8.75 Å². The minimum Gasteiger partial charge on any atom is -0.497 e. The largest absolute Gasteiger partial charge is 0.497 e. The molecule has 11 heteroatoms. The average Bonchev–Trinajstić information content (AvgIpc) is 3.28. The summed E-state index contributed by atoms with van der Waals surface area (Å²) in [5, 5.41) is 0. The fourth-order valence-electron chi connectivity index (χ4n) is 3.44. The maximum Gasteiger partial charge on any atom is 0.263 e. The zero-order valence-corrected chi connectivity index (χ0v) is 18.7. The molecule has 0 bridgehead atoms. The van der Waals surface area contributed by atoms with E-state index in [1.807, 2.05) is 0 Å². The third-order valence-corrected chi connectivity index (χ3v) is 7.61. The summed E-state index contributed by atoms with van der Waals surface area (Å²) < 4.78 is 46.7. The van der Waals surface area contributed by atoms with E-state index in [4.69, 9.17) is 9.47 Å². The SMILES string of the molecule is COc1ccc(OC(C)C(=O)N2CCN(S(=O)(=O)c3cccc4nsnc34)CC2)cc1. The molecule has 164 valence electrons. The van der Waals surface area contributed by atoms with Gasteiger partial charge in [-0.05, 0) is 43.3 Å². The van der Waals surface area contributed by atoms with Crippen LogP contribution in [0.1, 0.15) is 6.92 Å². The van der Waals surface area contributed by atoms with Gasteiger partial charge in [0.25, 0.3) is 5.91 Å². The van der Waals surface area contributed by atoms with E-state index >= 15 is 0 Å². The van der Waals surface area contributed by atoms with Crippen LogP contribution in [0.25, 0.3) is 11.0 Å². The number of rotatable bonds is 6. The van der Waals surface area contributed by atoms with Crippen LogP contribution in [0, 0.1) is 0 Å².